The van der Waals surface area contributed by atoms with Crippen LogP contribution in [-0.2, 0) is 12.0 Å². The molecular formula is C17H20FNO. The summed E-state index contributed by atoms with van der Waals surface area (Å²) in [4.78, 5) is 3.82. The number of aryl methyl sites for hydroxylation is 3. The third-order valence-corrected chi connectivity index (χ3v) is 3.69. The van der Waals surface area contributed by atoms with Crippen molar-refractivity contribution < 1.29 is 9.50 Å². The van der Waals surface area contributed by atoms with E-state index in [1.807, 2.05) is 13.8 Å². The molecule has 1 atom stereocenters. The van der Waals surface area contributed by atoms with Gasteiger partial charge in [0.2, 0.25) is 0 Å². The predicted molar refractivity (Wildman–Crippen MR) is 78.1 cm³/mol. The van der Waals surface area contributed by atoms with Crippen LogP contribution in [0.1, 0.15) is 34.7 Å². The lowest BCUT2D eigenvalue weighted by atomic mass is 9.86. The second-order valence-corrected chi connectivity index (χ2v) is 5.72. The van der Waals surface area contributed by atoms with Gasteiger partial charge in [-0.15, -0.1) is 0 Å². The third kappa shape index (κ3) is 3.05. The fraction of sp³-hybridized carbons (Fsp3) is 0.353. The Kier molecular flexibility index (Phi) is 3.91. The Balaban J connectivity index is 2.38. The van der Waals surface area contributed by atoms with Gasteiger partial charge in [0.15, 0.2) is 0 Å². The maximum absolute atomic E-state index is 13.3. The van der Waals surface area contributed by atoms with Crippen molar-refractivity contribution in [3.8, 4) is 0 Å². The van der Waals surface area contributed by atoms with Crippen molar-refractivity contribution in [1.82, 2.24) is 4.98 Å². The average Bonchev–Trinajstić information content (AvgIpc) is 2.34. The number of benzene rings is 1. The van der Waals surface area contributed by atoms with Gasteiger partial charge in [-0.05, 0) is 50.5 Å². The van der Waals surface area contributed by atoms with E-state index in [0.29, 0.717) is 12.0 Å². The molecule has 0 aliphatic carbocycles. The van der Waals surface area contributed by atoms with E-state index < -0.39 is 11.4 Å². The Bertz CT molecular complexity index is 612. The van der Waals surface area contributed by atoms with Gasteiger partial charge in [0, 0.05) is 18.2 Å². The molecule has 2 rings (SSSR count). The second-order valence-electron chi connectivity index (χ2n) is 5.72. The lowest BCUT2D eigenvalue weighted by molar-refractivity contribution is 0.0565. The maximum atomic E-state index is 13.3. The Morgan fingerprint density at radius 1 is 1.10 bits per heavy atom. The quantitative estimate of drug-likeness (QED) is 0.927. The summed E-state index contributed by atoms with van der Waals surface area (Å²) in [5.74, 6) is -0.430. The van der Waals surface area contributed by atoms with Crippen molar-refractivity contribution in [3.63, 3.8) is 0 Å². The van der Waals surface area contributed by atoms with Gasteiger partial charge in [0.1, 0.15) is 5.82 Å². The molecule has 20 heavy (non-hydrogen) atoms. The number of nitrogens with zero attached hydrogens (tertiary/aromatic N) is 1. The molecular weight excluding hydrogens is 253 g/mol. The van der Waals surface area contributed by atoms with Gasteiger partial charge in [0.05, 0.1) is 11.8 Å². The summed E-state index contributed by atoms with van der Waals surface area (Å²) in [6.07, 6.45) is 3.10. The molecule has 1 unspecified atom stereocenters. The van der Waals surface area contributed by atoms with Crippen LogP contribution >= 0.6 is 0 Å². The van der Waals surface area contributed by atoms with Crippen LogP contribution in [0.3, 0.4) is 0 Å². The first-order valence-corrected chi connectivity index (χ1v) is 6.70. The molecule has 0 aliphatic rings. The molecule has 2 nitrogen and oxygen atoms in total. The van der Waals surface area contributed by atoms with Crippen LogP contribution in [0.25, 0.3) is 0 Å². The lowest BCUT2D eigenvalue weighted by Crippen LogP contribution is -2.25. The summed E-state index contributed by atoms with van der Waals surface area (Å²) in [6.45, 7) is 7.82. The first kappa shape index (κ1) is 14.7. The van der Waals surface area contributed by atoms with Crippen LogP contribution in [0, 0.1) is 26.6 Å². The van der Waals surface area contributed by atoms with Gasteiger partial charge in [0.25, 0.3) is 0 Å². The van der Waals surface area contributed by atoms with E-state index in [4.69, 9.17) is 0 Å². The van der Waals surface area contributed by atoms with Crippen LogP contribution < -0.4 is 0 Å². The SMILES string of the molecule is Cc1cc(C)c(CC(C)(O)c2cncc(F)c2)c(C)c1. The van der Waals surface area contributed by atoms with Crippen molar-refractivity contribution in [2.24, 2.45) is 0 Å². The molecule has 0 saturated heterocycles. The Morgan fingerprint density at radius 3 is 2.25 bits per heavy atom. The molecule has 1 heterocycles. The number of aliphatic hydroxyl groups is 1. The normalized spacial score (nSPS) is 14.1. The minimum atomic E-state index is -1.14. The van der Waals surface area contributed by atoms with E-state index in [-0.39, 0.29) is 0 Å². The highest BCUT2D eigenvalue weighted by Gasteiger charge is 2.26. The molecule has 2 aromatic rings. The van der Waals surface area contributed by atoms with Crippen molar-refractivity contribution in [2.75, 3.05) is 0 Å². The van der Waals surface area contributed by atoms with Crippen LogP contribution in [0.4, 0.5) is 4.39 Å². The highest BCUT2D eigenvalue weighted by Crippen LogP contribution is 2.28. The molecule has 1 N–H and O–H groups in total. The molecule has 0 aliphatic heterocycles. The first-order chi connectivity index (χ1) is 9.29. The molecule has 1 aromatic carbocycles. The van der Waals surface area contributed by atoms with Crippen molar-refractivity contribution in [3.05, 3.63) is 64.2 Å². The monoisotopic (exact) mass is 273 g/mol. The minimum absolute atomic E-state index is 0.430. The Labute approximate surface area is 119 Å². The topological polar surface area (TPSA) is 33.1 Å². The van der Waals surface area contributed by atoms with Crippen LogP contribution in [0.2, 0.25) is 0 Å². The highest BCUT2D eigenvalue weighted by molar-refractivity contribution is 5.39. The van der Waals surface area contributed by atoms with E-state index in [1.165, 1.54) is 17.8 Å². The molecule has 0 amide bonds. The van der Waals surface area contributed by atoms with Crippen LogP contribution in [0.5, 0.6) is 0 Å². The van der Waals surface area contributed by atoms with Gasteiger partial charge >= 0.3 is 0 Å². The lowest BCUT2D eigenvalue weighted by Gasteiger charge is -2.26. The highest BCUT2D eigenvalue weighted by atomic mass is 19.1. The van der Waals surface area contributed by atoms with Gasteiger partial charge in [-0.1, -0.05) is 17.7 Å². The number of aromatic nitrogens is 1. The zero-order valence-electron chi connectivity index (χ0n) is 12.4. The van der Waals surface area contributed by atoms with Crippen molar-refractivity contribution in [1.29, 1.82) is 0 Å². The number of pyridine rings is 1. The maximum Gasteiger partial charge on any atom is 0.141 e. The average molecular weight is 273 g/mol. The van der Waals surface area contributed by atoms with E-state index >= 15 is 0 Å². The summed E-state index contributed by atoms with van der Waals surface area (Å²) in [6, 6.07) is 5.54. The van der Waals surface area contributed by atoms with Gasteiger partial charge in [-0.2, -0.15) is 0 Å². The van der Waals surface area contributed by atoms with E-state index in [0.717, 1.165) is 22.9 Å². The summed E-state index contributed by atoms with van der Waals surface area (Å²) in [5.41, 5.74) is 3.96. The van der Waals surface area contributed by atoms with Gasteiger partial charge in [-0.25, -0.2) is 4.39 Å². The predicted octanol–water partition coefficient (Wildman–Crippen LogP) is 3.60. The first-order valence-electron chi connectivity index (χ1n) is 6.70. The summed E-state index contributed by atoms with van der Waals surface area (Å²) in [5, 5.41) is 10.7. The molecule has 1 aromatic heterocycles. The second kappa shape index (κ2) is 5.33. The molecule has 3 heteroatoms. The smallest absolute Gasteiger partial charge is 0.141 e. The molecule has 0 bridgehead atoms. The van der Waals surface area contributed by atoms with E-state index in [9.17, 15) is 9.50 Å². The fourth-order valence-corrected chi connectivity index (χ4v) is 2.64. The summed E-state index contributed by atoms with van der Waals surface area (Å²) >= 11 is 0. The Hall–Kier alpha value is -1.74. The van der Waals surface area contributed by atoms with E-state index in [2.05, 4.69) is 24.0 Å². The van der Waals surface area contributed by atoms with Crippen molar-refractivity contribution >= 4 is 0 Å². The number of rotatable bonds is 3. The zero-order chi connectivity index (χ0) is 14.9. The summed E-state index contributed by atoms with van der Waals surface area (Å²) in [7, 11) is 0. The molecule has 0 saturated carbocycles. The van der Waals surface area contributed by atoms with Gasteiger partial charge < -0.3 is 5.11 Å². The third-order valence-electron chi connectivity index (χ3n) is 3.69. The zero-order valence-corrected chi connectivity index (χ0v) is 12.4. The summed E-state index contributed by atoms with van der Waals surface area (Å²) < 4.78 is 13.3. The minimum Gasteiger partial charge on any atom is -0.385 e. The fourth-order valence-electron chi connectivity index (χ4n) is 2.64. The van der Waals surface area contributed by atoms with E-state index in [1.54, 1.807) is 6.92 Å². The number of hydrogen-bond donors (Lipinski definition) is 1. The molecule has 0 radical (unpaired) electrons. The molecule has 0 spiro atoms. The molecule has 106 valence electrons. The standard InChI is InChI=1S/C17H20FNO/c1-11-5-12(2)16(13(3)6-11)8-17(4,20)14-7-15(18)10-19-9-14/h5-7,9-10,20H,8H2,1-4H3. The van der Waals surface area contributed by atoms with Crippen molar-refractivity contribution in [2.45, 2.75) is 39.7 Å². The van der Waals surface area contributed by atoms with Crippen LogP contribution in [0.15, 0.2) is 30.6 Å². The Morgan fingerprint density at radius 2 is 1.70 bits per heavy atom. The largest absolute Gasteiger partial charge is 0.385 e. The van der Waals surface area contributed by atoms with Crippen LogP contribution in [-0.4, -0.2) is 10.1 Å². The molecule has 0 fully saturated rings. The number of halogens is 1. The number of hydrogen-bond acceptors (Lipinski definition) is 2. The van der Waals surface area contributed by atoms with Gasteiger partial charge in [-0.3, -0.25) is 4.98 Å².